The Bertz CT molecular complexity index is 658. The molecule has 0 spiro atoms. The molecule has 0 aliphatic heterocycles. The van der Waals surface area contributed by atoms with Crippen molar-refractivity contribution < 1.29 is 22.3 Å². The SMILES string of the molecule is Fc1ccc(Oc2ccc(CCl)c(C(F)(F)F)c2)c(Br)c1. The number of alkyl halides is 4. The van der Waals surface area contributed by atoms with Crippen molar-refractivity contribution >= 4 is 27.5 Å². The van der Waals surface area contributed by atoms with E-state index in [4.69, 9.17) is 16.3 Å². The minimum atomic E-state index is -4.52. The zero-order chi connectivity index (χ0) is 15.6. The van der Waals surface area contributed by atoms with Crippen LogP contribution in [0.2, 0.25) is 0 Å². The van der Waals surface area contributed by atoms with Gasteiger partial charge in [-0.1, -0.05) is 6.07 Å². The molecule has 0 saturated carbocycles. The lowest BCUT2D eigenvalue weighted by Gasteiger charge is -2.14. The Balaban J connectivity index is 2.37. The largest absolute Gasteiger partial charge is 0.456 e. The lowest BCUT2D eigenvalue weighted by Crippen LogP contribution is -2.08. The quantitative estimate of drug-likeness (QED) is 0.457. The average Bonchev–Trinajstić information content (AvgIpc) is 2.41. The van der Waals surface area contributed by atoms with Crippen LogP contribution in [-0.4, -0.2) is 0 Å². The number of hydrogen-bond acceptors (Lipinski definition) is 1. The zero-order valence-electron chi connectivity index (χ0n) is 10.3. The van der Waals surface area contributed by atoms with Gasteiger partial charge >= 0.3 is 6.18 Å². The van der Waals surface area contributed by atoms with Gasteiger partial charge in [-0.15, -0.1) is 11.6 Å². The normalized spacial score (nSPS) is 11.5. The van der Waals surface area contributed by atoms with Gasteiger partial charge in [0, 0.05) is 5.88 Å². The molecule has 2 aromatic rings. The molecule has 0 radical (unpaired) electrons. The second-order valence-corrected chi connectivity index (χ2v) is 5.25. The highest BCUT2D eigenvalue weighted by Crippen LogP contribution is 2.37. The van der Waals surface area contributed by atoms with E-state index in [2.05, 4.69) is 15.9 Å². The first-order valence-electron chi connectivity index (χ1n) is 5.70. The topological polar surface area (TPSA) is 9.23 Å². The monoisotopic (exact) mass is 382 g/mol. The maximum absolute atomic E-state index is 13.0. The minimum absolute atomic E-state index is 0.0106. The second-order valence-electron chi connectivity index (χ2n) is 4.13. The molecule has 0 atom stereocenters. The molecule has 0 aliphatic rings. The van der Waals surface area contributed by atoms with Crippen LogP contribution in [0.15, 0.2) is 40.9 Å². The number of benzene rings is 2. The molecule has 21 heavy (non-hydrogen) atoms. The molecule has 0 unspecified atom stereocenters. The third-order valence-electron chi connectivity index (χ3n) is 2.65. The Morgan fingerprint density at radius 3 is 2.38 bits per heavy atom. The predicted molar refractivity (Wildman–Crippen MR) is 75.2 cm³/mol. The van der Waals surface area contributed by atoms with E-state index in [0.29, 0.717) is 4.47 Å². The second kappa shape index (κ2) is 6.23. The highest BCUT2D eigenvalue weighted by Gasteiger charge is 2.33. The summed E-state index contributed by atoms with van der Waals surface area (Å²) in [6.45, 7) is 0. The maximum Gasteiger partial charge on any atom is 0.416 e. The first-order valence-corrected chi connectivity index (χ1v) is 7.03. The van der Waals surface area contributed by atoms with Crippen molar-refractivity contribution in [3.63, 3.8) is 0 Å². The van der Waals surface area contributed by atoms with E-state index in [0.717, 1.165) is 18.2 Å². The number of hydrogen-bond donors (Lipinski definition) is 0. The van der Waals surface area contributed by atoms with Crippen molar-refractivity contribution in [3.8, 4) is 11.5 Å². The van der Waals surface area contributed by atoms with Crippen LogP contribution >= 0.6 is 27.5 Å². The van der Waals surface area contributed by atoms with Gasteiger partial charge in [-0.3, -0.25) is 0 Å². The van der Waals surface area contributed by atoms with Crippen LogP contribution in [0.1, 0.15) is 11.1 Å². The van der Waals surface area contributed by atoms with Gasteiger partial charge in [-0.05, 0) is 51.8 Å². The van der Waals surface area contributed by atoms with Crippen LogP contribution in [-0.2, 0) is 12.1 Å². The standard InChI is InChI=1S/C14H8BrClF4O/c15-12-5-9(17)2-4-13(12)21-10-3-1-8(7-16)11(6-10)14(18,19)20/h1-6H,7H2. The Morgan fingerprint density at radius 2 is 1.81 bits per heavy atom. The molecule has 7 heteroatoms. The van der Waals surface area contributed by atoms with E-state index in [1.807, 2.05) is 0 Å². The molecule has 0 aromatic heterocycles. The van der Waals surface area contributed by atoms with Crippen LogP contribution in [0.4, 0.5) is 17.6 Å². The van der Waals surface area contributed by atoms with Crippen molar-refractivity contribution in [2.45, 2.75) is 12.1 Å². The zero-order valence-corrected chi connectivity index (χ0v) is 12.7. The van der Waals surface area contributed by atoms with Crippen molar-refractivity contribution in [1.29, 1.82) is 0 Å². The molecule has 0 aliphatic carbocycles. The summed E-state index contributed by atoms with van der Waals surface area (Å²) in [5.74, 6) is -0.538. The lowest BCUT2D eigenvalue weighted by molar-refractivity contribution is -0.138. The van der Waals surface area contributed by atoms with Gasteiger partial charge < -0.3 is 4.74 Å². The first kappa shape index (κ1) is 16.1. The summed E-state index contributed by atoms with van der Waals surface area (Å²) in [4.78, 5) is 0. The summed E-state index contributed by atoms with van der Waals surface area (Å²) in [5, 5.41) is 0. The molecule has 0 bridgehead atoms. The molecular weight excluding hydrogens is 376 g/mol. The van der Waals surface area contributed by atoms with Gasteiger partial charge in [0.15, 0.2) is 0 Å². The fraction of sp³-hybridized carbons (Fsp3) is 0.143. The van der Waals surface area contributed by atoms with Gasteiger partial charge in [-0.25, -0.2) is 4.39 Å². The number of halogens is 6. The van der Waals surface area contributed by atoms with Crippen molar-refractivity contribution in [1.82, 2.24) is 0 Å². The average molecular weight is 384 g/mol. The van der Waals surface area contributed by atoms with E-state index in [1.54, 1.807) is 0 Å². The van der Waals surface area contributed by atoms with Gasteiger partial charge in [0.1, 0.15) is 17.3 Å². The highest BCUT2D eigenvalue weighted by atomic mass is 79.9. The van der Waals surface area contributed by atoms with E-state index >= 15 is 0 Å². The minimum Gasteiger partial charge on any atom is -0.456 e. The van der Waals surface area contributed by atoms with Crippen LogP contribution in [0, 0.1) is 5.82 Å². The fourth-order valence-electron chi connectivity index (χ4n) is 1.68. The summed E-state index contributed by atoms with van der Waals surface area (Å²) in [5.41, 5.74) is -0.886. The molecule has 0 amide bonds. The molecule has 1 nitrogen and oxygen atoms in total. The predicted octanol–water partition coefficient (Wildman–Crippen LogP) is 6.14. The van der Waals surface area contributed by atoms with Gasteiger partial charge in [0.2, 0.25) is 0 Å². The summed E-state index contributed by atoms with van der Waals surface area (Å²) >= 11 is 8.59. The van der Waals surface area contributed by atoms with Crippen LogP contribution in [0.5, 0.6) is 11.5 Å². The van der Waals surface area contributed by atoms with Gasteiger partial charge in [0.25, 0.3) is 0 Å². The fourth-order valence-corrected chi connectivity index (χ4v) is 2.35. The van der Waals surface area contributed by atoms with E-state index < -0.39 is 17.6 Å². The summed E-state index contributed by atoms with van der Waals surface area (Å²) in [6, 6.07) is 7.13. The van der Waals surface area contributed by atoms with E-state index in [9.17, 15) is 17.6 Å². The molecule has 2 rings (SSSR count). The van der Waals surface area contributed by atoms with Gasteiger partial charge in [-0.2, -0.15) is 13.2 Å². The molecule has 0 fully saturated rings. The van der Waals surface area contributed by atoms with Crippen LogP contribution in [0.3, 0.4) is 0 Å². The third-order valence-corrected chi connectivity index (χ3v) is 3.56. The van der Waals surface area contributed by atoms with Crippen LogP contribution < -0.4 is 4.74 Å². The van der Waals surface area contributed by atoms with Crippen molar-refractivity contribution in [2.24, 2.45) is 0 Å². The smallest absolute Gasteiger partial charge is 0.416 e. The van der Waals surface area contributed by atoms with Gasteiger partial charge in [0.05, 0.1) is 10.0 Å². The lowest BCUT2D eigenvalue weighted by atomic mass is 10.1. The Labute approximate surface area is 131 Å². The van der Waals surface area contributed by atoms with Crippen LogP contribution in [0.25, 0.3) is 0 Å². The third kappa shape index (κ3) is 3.89. The van der Waals surface area contributed by atoms with E-state index in [1.165, 1.54) is 18.2 Å². The molecule has 0 heterocycles. The molecule has 0 N–H and O–H groups in total. The Hall–Kier alpha value is -1.27. The summed E-state index contributed by atoms with van der Waals surface area (Å²) < 4.78 is 57.3. The first-order chi connectivity index (χ1) is 9.81. The Morgan fingerprint density at radius 1 is 1.10 bits per heavy atom. The van der Waals surface area contributed by atoms with Crippen molar-refractivity contribution in [2.75, 3.05) is 0 Å². The molecule has 112 valence electrons. The Kier molecular flexibility index (Phi) is 4.78. The number of rotatable bonds is 3. The molecule has 2 aromatic carbocycles. The number of ether oxygens (including phenoxy) is 1. The summed E-state index contributed by atoms with van der Waals surface area (Å²) in [6.07, 6.45) is -4.52. The molecule has 0 saturated heterocycles. The molecular formula is C14H8BrClF4O. The maximum atomic E-state index is 13.0. The highest BCUT2D eigenvalue weighted by molar-refractivity contribution is 9.10. The summed E-state index contributed by atoms with van der Waals surface area (Å²) in [7, 11) is 0. The van der Waals surface area contributed by atoms with Crippen molar-refractivity contribution in [3.05, 3.63) is 57.8 Å². The van der Waals surface area contributed by atoms with E-state index in [-0.39, 0.29) is 22.9 Å².